The van der Waals surface area contributed by atoms with Crippen molar-refractivity contribution in [3.05, 3.63) is 49.0 Å². The Morgan fingerprint density at radius 1 is 1.26 bits per heavy atom. The lowest BCUT2D eigenvalue weighted by molar-refractivity contribution is 0.813. The topological polar surface area (TPSA) is 15.3 Å². The van der Waals surface area contributed by atoms with Gasteiger partial charge >= 0.3 is 0 Å². The maximum atomic E-state index is 3.63. The molecule has 0 saturated heterocycles. The number of hydrogen-bond donors (Lipinski definition) is 1. The summed E-state index contributed by atoms with van der Waals surface area (Å²) < 4.78 is 2.31. The van der Waals surface area contributed by atoms with Gasteiger partial charge in [0.05, 0.1) is 6.54 Å². The molecule has 0 aliphatic carbocycles. The van der Waals surface area contributed by atoms with Crippen molar-refractivity contribution < 1.29 is 0 Å². The number of thiophene rings is 1. The molecule has 2 rings (SSSR count). The normalized spacial score (nSPS) is 10.7. The third-order valence-electron chi connectivity index (χ3n) is 2.86. The van der Waals surface area contributed by atoms with Crippen molar-refractivity contribution in [2.75, 3.05) is 19.0 Å². The largest absolute Gasteiger partial charge is 0.369 e. The van der Waals surface area contributed by atoms with Crippen LogP contribution >= 0.6 is 43.2 Å². The molecular formula is C14H16Br2N2S. The highest BCUT2D eigenvalue weighted by atomic mass is 79.9. The standard InChI is InChI=1S/C14H16Br2N2S/c1-17-7-10-3-4-12(6-14(10)16)18(2)8-13-5-11(15)9-19-13/h3-6,9,17H,7-8H2,1-2H3. The third kappa shape index (κ3) is 4.05. The van der Waals surface area contributed by atoms with Crippen LogP contribution in [-0.2, 0) is 13.1 Å². The molecule has 1 aromatic carbocycles. The molecule has 2 nitrogen and oxygen atoms in total. The molecular weight excluding hydrogens is 388 g/mol. The molecule has 1 aromatic heterocycles. The molecule has 0 unspecified atom stereocenters. The number of rotatable bonds is 5. The molecule has 19 heavy (non-hydrogen) atoms. The Balaban J connectivity index is 2.10. The van der Waals surface area contributed by atoms with Gasteiger partial charge in [-0.2, -0.15) is 0 Å². The van der Waals surface area contributed by atoms with Crippen LogP contribution in [0.3, 0.4) is 0 Å². The van der Waals surface area contributed by atoms with Gasteiger partial charge in [0.2, 0.25) is 0 Å². The number of nitrogens with one attached hydrogen (secondary N) is 1. The van der Waals surface area contributed by atoms with Crippen LogP contribution in [0.25, 0.3) is 0 Å². The molecule has 0 aliphatic rings. The summed E-state index contributed by atoms with van der Waals surface area (Å²) in [5.74, 6) is 0. The van der Waals surface area contributed by atoms with Crippen LogP contribution in [0.2, 0.25) is 0 Å². The molecule has 1 N–H and O–H groups in total. The smallest absolute Gasteiger partial charge is 0.0519 e. The minimum absolute atomic E-state index is 0.877. The Hall–Kier alpha value is -0.360. The van der Waals surface area contributed by atoms with Gasteiger partial charge in [-0.3, -0.25) is 0 Å². The molecule has 1 heterocycles. The van der Waals surface area contributed by atoms with Gasteiger partial charge < -0.3 is 10.2 Å². The first-order chi connectivity index (χ1) is 9.10. The highest BCUT2D eigenvalue weighted by Crippen LogP contribution is 2.26. The fourth-order valence-electron chi connectivity index (χ4n) is 1.87. The monoisotopic (exact) mass is 402 g/mol. The molecule has 0 aliphatic heterocycles. The Labute approximate surface area is 135 Å². The minimum Gasteiger partial charge on any atom is -0.369 e. The van der Waals surface area contributed by atoms with E-state index in [0.717, 1.165) is 22.0 Å². The van der Waals surface area contributed by atoms with Crippen molar-refractivity contribution in [1.29, 1.82) is 0 Å². The molecule has 2 aromatic rings. The number of anilines is 1. The van der Waals surface area contributed by atoms with E-state index in [1.807, 2.05) is 7.05 Å². The van der Waals surface area contributed by atoms with Crippen molar-refractivity contribution in [2.24, 2.45) is 0 Å². The van der Waals surface area contributed by atoms with E-state index in [1.54, 1.807) is 11.3 Å². The lowest BCUT2D eigenvalue weighted by atomic mass is 10.2. The molecule has 0 bridgehead atoms. The van der Waals surface area contributed by atoms with Crippen molar-refractivity contribution in [2.45, 2.75) is 13.1 Å². The van der Waals surface area contributed by atoms with E-state index in [-0.39, 0.29) is 0 Å². The molecule has 5 heteroatoms. The number of halogens is 2. The predicted octanol–water partition coefficient (Wildman–Crippen LogP) is 4.63. The summed E-state index contributed by atoms with van der Waals surface area (Å²) in [6, 6.07) is 8.68. The number of benzene rings is 1. The van der Waals surface area contributed by atoms with E-state index in [2.05, 4.69) is 78.8 Å². The zero-order chi connectivity index (χ0) is 13.8. The third-order valence-corrected chi connectivity index (χ3v) is 5.28. The second-order valence-electron chi connectivity index (χ2n) is 4.39. The summed E-state index contributed by atoms with van der Waals surface area (Å²) in [6.07, 6.45) is 0. The Kier molecular flexibility index (Phi) is 5.45. The van der Waals surface area contributed by atoms with Gasteiger partial charge in [0, 0.05) is 38.5 Å². The predicted molar refractivity (Wildman–Crippen MR) is 91.0 cm³/mol. The molecule has 0 atom stereocenters. The first-order valence-electron chi connectivity index (χ1n) is 5.97. The van der Waals surface area contributed by atoms with Gasteiger partial charge in [0.25, 0.3) is 0 Å². The highest BCUT2D eigenvalue weighted by Gasteiger charge is 2.07. The summed E-state index contributed by atoms with van der Waals surface area (Å²) in [5, 5.41) is 5.29. The van der Waals surface area contributed by atoms with Gasteiger partial charge in [-0.15, -0.1) is 11.3 Å². The average molecular weight is 404 g/mol. The summed E-state index contributed by atoms with van der Waals surface area (Å²) >= 11 is 8.91. The van der Waals surface area contributed by atoms with Crippen LogP contribution in [-0.4, -0.2) is 14.1 Å². The molecule has 0 spiro atoms. The summed E-state index contributed by atoms with van der Waals surface area (Å²) in [5.41, 5.74) is 2.50. The van der Waals surface area contributed by atoms with E-state index in [0.29, 0.717) is 0 Å². The van der Waals surface area contributed by atoms with Crippen LogP contribution < -0.4 is 10.2 Å². The fourth-order valence-corrected chi connectivity index (χ4v) is 3.88. The van der Waals surface area contributed by atoms with Crippen molar-refractivity contribution in [3.8, 4) is 0 Å². The van der Waals surface area contributed by atoms with Gasteiger partial charge in [0.15, 0.2) is 0 Å². The van der Waals surface area contributed by atoms with Gasteiger partial charge in [0.1, 0.15) is 0 Å². The van der Waals surface area contributed by atoms with Crippen LogP contribution in [0.15, 0.2) is 38.6 Å². The Morgan fingerprint density at radius 3 is 2.63 bits per heavy atom. The molecule has 102 valence electrons. The summed E-state index contributed by atoms with van der Waals surface area (Å²) in [7, 11) is 4.08. The molecule has 0 amide bonds. The first kappa shape index (κ1) is 15.0. The van der Waals surface area contributed by atoms with E-state index < -0.39 is 0 Å². The quantitative estimate of drug-likeness (QED) is 0.782. The molecule has 0 fully saturated rings. The van der Waals surface area contributed by atoms with E-state index in [9.17, 15) is 0 Å². The summed E-state index contributed by atoms with van der Waals surface area (Å²) in [6.45, 7) is 1.80. The highest BCUT2D eigenvalue weighted by molar-refractivity contribution is 9.10. The van der Waals surface area contributed by atoms with E-state index in [4.69, 9.17) is 0 Å². The van der Waals surface area contributed by atoms with Crippen molar-refractivity contribution in [1.82, 2.24) is 5.32 Å². The van der Waals surface area contributed by atoms with E-state index in [1.165, 1.54) is 16.1 Å². The second kappa shape index (κ2) is 6.88. The Bertz CT molecular complexity index is 554. The van der Waals surface area contributed by atoms with Gasteiger partial charge in [-0.05, 0) is 46.7 Å². The van der Waals surface area contributed by atoms with Gasteiger partial charge in [-0.1, -0.05) is 22.0 Å². The average Bonchev–Trinajstić information content (AvgIpc) is 2.77. The number of hydrogen-bond acceptors (Lipinski definition) is 3. The van der Waals surface area contributed by atoms with Crippen LogP contribution in [0, 0.1) is 0 Å². The zero-order valence-electron chi connectivity index (χ0n) is 10.9. The SMILES string of the molecule is CNCc1ccc(N(C)Cc2cc(Br)cs2)cc1Br. The minimum atomic E-state index is 0.877. The molecule has 0 radical (unpaired) electrons. The van der Waals surface area contributed by atoms with E-state index >= 15 is 0 Å². The zero-order valence-corrected chi connectivity index (χ0v) is 14.9. The van der Waals surface area contributed by atoms with Crippen LogP contribution in [0.1, 0.15) is 10.4 Å². The fraction of sp³-hybridized carbons (Fsp3) is 0.286. The van der Waals surface area contributed by atoms with Crippen LogP contribution in [0.4, 0.5) is 5.69 Å². The first-order valence-corrected chi connectivity index (χ1v) is 8.44. The van der Waals surface area contributed by atoms with Crippen molar-refractivity contribution >= 4 is 48.9 Å². The lowest BCUT2D eigenvalue weighted by Gasteiger charge is -2.19. The lowest BCUT2D eigenvalue weighted by Crippen LogP contribution is -2.16. The summed E-state index contributed by atoms with van der Waals surface area (Å²) in [4.78, 5) is 3.61. The number of nitrogens with zero attached hydrogens (tertiary/aromatic N) is 1. The van der Waals surface area contributed by atoms with Crippen LogP contribution in [0.5, 0.6) is 0 Å². The maximum absolute atomic E-state index is 3.63. The molecule has 0 saturated carbocycles. The second-order valence-corrected chi connectivity index (χ2v) is 7.16. The van der Waals surface area contributed by atoms with Crippen molar-refractivity contribution in [3.63, 3.8) is 0 Å². The van der Waals surface area contributed by atoms with Gasteiger partial charge in [-0.25, -0.2) is 0 Å². The Morgan fingerprint density at radius 2 is 2.05 bits per heavy atom. The maximum Gasteiger partial charge on any atom is 0.0519 e.